The molecule has 3 fully saturated rings. The average molecular weight is 450 g/mol. The van der Waals surface area contributed by atoms with E-state index in [-0.39, 0.29) is 34.5 Å². The van der Waals surface area contributed by atoms with Crippen LogP contribution in [0.4, 0.5) is 0 Å². The van der Waals surface area contributed by atoms with Gasteiger partial charge in [-0.25, -0.2) is 40.5 Å². The molecule has 3 aliphatic rings. The van der Waals surface area contributed by atoms with E-state index in [2.05, 4.69) is 15.3 Å². The first kappa shape index (κ1) is 20.7. The standard InChI is InChI=1S/C12H24N3O7PS3/c16-23(13-10-1-4-24(17,18)7-10,14-11-2-5-25(19,20)8-11)15-12-3-6-26(21,22)9-12/h10-12H,1-9H2,(H3,13,14,15,16)/t10-,11-,12-/m0/s1. The molecule has 0 saturated carbocycles. The Kier molecular flexibility index (Phi) is 5.64. The molecule has 152 valence electrons. The minimum absolute atomic E-state index is 0.000280. The summed E-state index contributed by atoms with van der Waals surface area (Å²) in [7, 11) is -13.2. The molecule has 3 N–H and O–H groups in total. The molecule has 0 spiro atoms. The Balaban J connectivity index is 1.73. The van der Waals surface area contributed by atoms with Crippen LogP contribution < -0.4 is 15.3 Å². The van der Waals surface area contributed by atoms with E-state index >= 15 is 0 Å². The highest BCUT2D eigenvalue weighted by Gasteiger charge is 2.40. The number of nitrogens with one attached hydrogen (secondary N) is 3. The van der Waals surface area contributed by atoms with Gasteiger partial charge in [0.25, 0.3) is 7.59 Å². The molecular formula is C12H24N3O7PS3. The van der Waals surface area contributed by atoms with E-state index in [4.69, 9.17) is 0 Å². The molecule has 0 radical (unpaired) electrons. The van der Waals surface area contributed by atoms with E-state index in [9.17, 15) is 29.8 Å². The van der Waals surface area contributed by atoms with Gasteiger partial charge < -0.3 is 0 Å². The van der Waals surface area contributed by atoms with E-state index in [0.29, 0.717) is 19.3 Å². The van der Waals surface area contributed by atoms with E-state index in [1.165, 1.54) is 0 Å². The van der Waals surface area contributed by atoms with E-state index in [0.717, 1.165) is 0 Å². The summed E-state index contributed by atoms with van der Waals surface area (Å²) in [6, 6.07) is -1.58. The molecule has 0 amide bonds. The predicted molar refractivity (Wildman–Crippen MR) is 98.2 cm³/mol. The van der Waals surface area contributed by atoms with Crippen LogP contribution in [-0.4, -0.2) is 77.9 Å². The maximum absolute atomic E-state index is 13.4. The highest BCUT2D eigenvalue weighted by molar-refractivity contribution is 7.92. The monoisotopic (exact) mass is 449 g/mol. The first-order chi connectivity index (χ1) is 11.9. The lowest BCUT2D eigenvalue weighted by atomic mass is 10.3. The lowest BCUT2D eigenvalue weighted by Crippen LogP contribution is -2.45. The van der Waals surface area contributed by atoms with Gasteiger partial charge in [0.1, 0.15) is 0 Å². The maximum Gasteiger partial charge on any atom is 0.279 e. The van der Waals surface area contributed by atoms with Crippen molar-refractivity contribution in [2.45, 2.75) is 37.4 Å². The Labute approximate surface area is 154 Å². The van der Waals surface area contributed by atoms with Gasteiger partial charge in [0, 0.05) is 18.1 Å². The second-order valence-corrected chi connectivity index (χ2v) is 16.0. The quantitative estimate of drug-likeness (QED) is 0.405. The summed E-state index contributed by atoms with van der Waals surface area (Å²) in [4.78, 5) is 0. The first-order valence-corrected chi connectivity index (χ1v) is 15.6. The van der Waals surface area contributed by atoms with Crippen LogP contribution in [0.3, 0.4) is 0 Å². The second kappa shape index (κ2) is 7.09. The molecule has 0 aromatic carbocycles. The predicted octanol–water partition coefficient (Wildman–Crippen LogP) is -1.58. The SMILES string of the molecule is O=P(N[C@H]1CCS(=O)(=O)C1)(N[C@H]1CCS(=O)(=O)C1)N[C@H]1CCS(=O)(=O)C1. The van der Waals surface area contributed by atoms with Crippen molar-refractivity contribution in [2.75, 3.05) is 34.5 Å². The van der Waals surface area contributed by atoms with Crippen molar-refractivity contribution in [3.63, 3.8) is 0 Å². The fraction of sp³-hybridized carbons (Fsp3) is 1.00. The summed E-state index contributed by atoms with van der Waals surface area (Å²) in [5.41, 5.74) is 0. The minimum Gasteiger partial charge on any atom is -0.271 e. The van der Waals surface area contributed by atoms with Gasteiger partial charge in [-0.3, -0.25) is 4.57 Å². The third-order valence-corrected chi connectivity index (χ3v) is 12.3. The van der Waals surface area contributed by atoms with Crippen LogP contribution in [0.5, 0.6) is 0 Å². The molecule has 10 nitrogen and oxygen atoms in total. The number of hydrogen-bond acceptors (Lipinski definition) is 7. The van der Waals surface area contributed by atoms with Crippen LogP contribution in [-0.2, 0) is 34.1 Å². The van der Waals surface area contributed by atoms with Gasteiger partial charge in [0.15, 0.2) is 29.5 Å². The Morgan fingerprint density at radius 2 is 0.846 bits per heavy atom. The largest absolute Gasteiger partial charge is 0.279 e. The van der Waals surface area contributed by atoms with Gasteiger partial charge >= 0.3 is 0 Å². The van der Waals surface area contributed by atoms with Crippen LogP contribution in [0.15, 0.2) is 0 Å². The Hall–Kier alpha value is -0.0400. The van der Waals surface area contributed by atoms with E-state index in [1.54, 1.807) is 0 Å². The van der Waals surface area contributed by atoms with Crippen molar-refractivity contribution >= 4 is 37.1 Å². The highest BCUT2D eigenvalue weighted by atomic mass is 32.2. The minimum atomic E-state index is -3.58. The van der Waals surface area contributed by atoms with Gasteiger partial charge in [-0.15, -0.1) is 0 Å². The van der Waals surface area contributed by atoms with Crippen LogP contribution in [0, 0.1) is 0 Å². The molecule has 0 bridgehead atoms. The fourth-order valence-electron chi connectivity index (χ4n) is 3.57. The molecule has 3 rings (SSSR count). The summed E-state index contributed by atoms with van der Waals surface area (Å²) in [5.74, 6) is -0.439. The molecule has 0 aromatic rings. The molecule has 14 heteroatoms. The topological polar surface area (TPSA) is 156 Å². The van der Waals surface area contributed by atoms with E-state index in [1.807, 2.05) is 0 Å². The molecule has 0 aromatic heterocycles. The summed E-state index contributed by atoms with van der Waals surface area (Å²) in [6.07, 6.45) is 0.921. The molecule has 3 atom stereocenters. The van der Waals surface area contributed by atoms with Crippen LogP contribution in [0.25, 0.3) is 0 Å². The normalized spacial score (nSPS) is 35.6. The van der Waals surface area contributed by atoms with Crippen LogP contribution in [0.2, 0.25) is 0 Å². The molecule has 26 heavy (non-hydrogen) atoms. The summed E-state index contributed by atoms with van der Waals surface area (Å²) in [5, 5.41) is 8.46. The van der Waals surface area contributed by atoms with Crippen LogP contribution in [0.1, 0.15) is 19.3 Å². The molecule has 3 saturated heterocycles. The van der Waals surface area contributed by atoms with Gasteiger partial charge in [0.2, 0.25) is 0 Å². The molecule has 0 aliphatic carbocycles. The highest BCUT2D eigenvalue weighted by Crippen LogP contribution is 2.37. The van der Waals surface area contributed by atoms with Crippen molar-refractivity contribution in [1.82, 2.24) is 15.3 Å². The lowest BCUT2D eigenvalue weighted by molar-refractivity contribution is 0.500. The van der Waals surface area contributed by atoms with Crippen molar-refractivity contribution in [2.24, 2.45) is 0 Å². The smallest absolute Gasteiger partial charge is 0.271 e. The Morgan fingerprint density at radius 3 is 1.04 bits per heavy atom. The van der Waals surface area contributed by atoms with Gasteiger partial charge in [0.05, 0.1) is 34.5 Å². The fourth-order valence-corrected chi connectivity index (χ4v) is 11.4. The second-order valence-electron chi connectivity index (χ2n) is 7.30. The number of hydrogen-bond donors (Lipinski definition) is 3. The summed E-state index contributed by atoms with van der Waals surface area (Å²) >= 11 is 0. The van der Waals surface area contributed by atoms with Crippen molar-refractivity contribution in [3.05, 3.63) is 0 Å². The van der Waals surface area contributed by atoms with Crippen LogP contribution >= 0.6 is 7.59 Å². The Morgan fingerprint density at radius 1 is 0.577 bits per heavy atom. The zero-order valence-electron chi connectivity index (χ0n) is 14.1. The zero-order chi connectivity index (χ0) is 19.2. The van der Waals surface area contributed by atoms with Crippen molar-refractivity contribution in [3.8, 4) is 0 Å². The van der Waals surface area contributed by atoms with Crippen molar-refractivity contribution in [1.29, 1.82) is 0 Å². The van der Waals surface area contributed by atoms with Crippen molar-refractivity contribution < 1.29 is 29.8 Å². The van der Waals surface area contributed by atoms with Gasteiger partial charge in [-0.2, -0.15) is 0 Å². The number of rotatable bonds is 6. The van der Waals surface area contributed by atoms with Gasteiger partial charge in [-0.05, 0) is 19.3 Å². The number of sulfone groups is 3. The lowest BCUT2D eigenvalue weighted by Gasteiger charge is -2.29. The zero-order valence-corrected chi connectivity index (χ0v) is 17.5. The first-order valence-electron chi connectivity index (χ1n) is 8.40. The van der Waals surface area contributed by atoms with Gasteiger partial charge in [-0.1, -0.05) is 0 Å². The summed E-state index contributed by atoms with van der Waals surface area (Å²) in [6.45, 7) is 0. The third-order valence-electron chi connectivity index (χ3n) is 4.79. The Bertz CT molecular complexity index is 797. The maximum atomic E-state index is 13.4. The average Bonchev–Trinajstić information content (AvgIpc) is 3.07. The molecule has 0 unspecified atom stereocenters. The molecule has 3 aliphatic heterocycles. The third kappa shape index (κ3) is 5.49. The summed E-state index contributed by atoms with van der Waals surface area (Å²) < 4.78 is 83.3. The molecular weight excluding hydrogens is 425 g/mol. The molecule has 3 heterocycles. The van der Waals surface area contributed by atoms with E-state index < -0.39 is 55.2 Å².